The van der Waals surface area contributed by atoms with E-state index in [-0.39, 0.29) is 0 Å². The van der Waals surface area contributed by atoms with E-state index in [4.69, 9.17) is 5.73 Å². The Morgan fingerprint density at radius 2 is 2.25 bits per heavy atom. The van der Waals surface area contributed by atoms with Gasteiger partial charge in [0.1, 0.15) is 0 Å². The Hall–Kier alpha value is -1.18. The van der Waals surface area contributed by atoms with Crippen LogP contribution >= 0.6 is 0 Å². The van der Waals surface area contributed by atoms with E-state index >= 15 is 0 Å². The molecule has 2 nitrogen and oxygen atoms in total. The molecule has 1 fully saturated rings. The molecular formula is C14H22N2. The van der Waals surface area contributed by atoms with Crippen LogP contribution in [-0.2, 0) is 6.42 Å². The molecule has 0 amide bonds. The van der Waals surface area contributed by atoms with Crippen molar-refractivity contribution in [3.8, 4) is 0 Å². The van der Waals surface area contributed by atoms with Crippen molar-refractivity contribution >= 4 is 11.4 Å². The smallest absolute Gasteiger partial charge is 0.0600 e. The van der Waals surface area contributed by atoms with Gasteiger partial charge in [-0.15, -0.1) is 0 Å². The van der Waals surface area contributed by atoms with E-state index in [2.05, 4.69) is 36.9 Å². The Morgan fingerprint density at radius 1 is 1.44 bits per heavy atom. The fourth-order valence-corrected chi connectivity index (χ4v) is 2.52. The van der Waals surface area contributed by atoms with Gasteiger partial charge in [0.25, 0.3) is 0 Å². The van der Waals surface area contributed by atoms with Crippen molar-refractivity contribution in [2.45, 2.75) is 33.1 Å². The molecule has 1 aromatic rings. The van der Waals surface area contributed by atoms with Crippen molar-refractivity contribution in [1.82, 2.24) is 0 Å². The number of nitrogens with zero attached hydrogens (tertiary/aromatic N) is 1. The highest BCUT2D eigenvalue weighted by atomic mass is 15.1. The molecule has 2 rings (SSSR count). The van der Waals surface area contributed by atoms with Crippen LogP contribution in [-0.4, -0.2) is 13.1 Å². The van der Waals surface area contributed by atoms with Gasteiger partial charge in [-0.3, -0.25) is 0 Å². The average Bonchev–Trinajstić information content (AvgIpc) is 2.28. The first kappa shape index (κ1) is 11.3. The molecule has 1 aromatic carbocycles. The Balaban J connectivity index is 2.19. The summed E-state index contributed by atoms with van der Waals surface area (Å²) in [5.41, 5.74) is 9.62. The van der Waals surface area contributed by atoms with Gasteiger partial charge in [0.15, 0.2) is 0 Å². The second-order valence-electron chi connectivity index (χ2n) is 4.94. The standard InChI is InChI=1S/C14H22N2/c1-3-12-6-7-14(13(15)9-12)16-8-4-5-11(2)10-16/h6-7,9,11H,3-5,8,10,15H2,1-2H3. The normalized spacial score (nSPS) is 21.1. The molecule has 0 radical (unpaired) electrons. The summed E-state index contributed by atoms with van der Waals surface area (Å²) >= 11 is 0. The van der Waals surface area contributed by atoms with Crippen LogP contribution in [0.25, 0.3) is 0 Å². The van der Waals surface area contributed by atoms with Gasteiger partial charge in [-0.05, 0) is 42.9 Å². The molecule has 1 saturated heterocycles. The fourth-order valence-electron chi connectivity index (χ4n) is 2.52. The van der Waals surface area contributed by atoms with Crippen LogP contribution in [0.4, 0.5) is 11.4 Å². The van der Waals surface area contributed by atoms with E-state index in [0.29, 0.717) is 0 Å². The van der Waals surface area contributed by atoms with Gasteiger partial charge in [0, 0.05) is 13.1 Å². The third kappa shape index (κ3) is 2.31. The minimum atomic E-state index is 0.791. The van der Waals surface area contributed by atoms with E-state index in [1.165, 1.54) is 24.1 Å². The van der Waals surface area contributed by atoms with E-state index in [1.807, 2.05) is 0 Å². The van der Waals surface area contributed by atoms with Gasteiger partial charge in [-0.1, -0.05) is 19.9 Å². The molecule has 1 atom stereocenters. The molecule has 2 heteroatoms. The van der Waals surface area contributed by atoms with Crippen molar-refractivity contribution in [3.05, 3.63) is 23.8 Å². The molecule has 0 aliphatic carbocycles. The topological polar surface area (TPSA) is 29.3 Å². The number of nitrogens with two attached hydrogens (primary N) is 1. The summed E-state index contributed by atoms with van der Waals surface area (Å²) < 4.78 is 0. The lowest BCUT2D eigenvalue weighted by Crippen LogP contribution is -2.34. The number of benzene rings is 1. The Kier molecular flexibility index (Phi) is 3.37. The summed E-state index contributed by atoms with van der Waals surface area (Å²) in [4.78, 5) is 2.43. The van der Waals surface area contributed by atoms with Crippen molar-refractivity contribution in [3.63, 3.8) is 0 Å². The van der Waals surface area contributed by atoms with Crippen molar-refractivity contribution < 1.29 is 0 Å². The van der Waals surface area contributed by atoms with Crippen LogP contribution in [0.2, 0.25) is 0 Å². The predicted octanol–water partition coefficient (Wildman–Crippen LogP) is 3.07. The van der Waals surface area contributed by atoms with Crippen LogP contribution < -0.4 is 10.6 Å². The van der Waals surface area contributed by atoms with Crippen LogP contribution in [0, 0.1) is 5.92 Å². The third-order valence-electron chi connectivity index (χ3n) is 3.50. The van der Waals surface area contributed by atoms with Gasteiger partial charge in [-0.25, -0.2) is 0 Å². The number of hydrogen-bond donors (Lipinski definition) is 1. The Bertz CT molecular complexity index is 360. The van der Waals surface area contributed by atoms with Gasteiger partial charge < -0.3 is 10.6 Å². The number of rotatable bonds is 2. The van der Waals surface area contributed by atoms with E-state index in [9.17, 15) is 0 Å². The van der Waals surface area contributed by atoms with Crippen molar-refractivity contribution in [2.24, 2.45) is 5.92 Å². The highest BCUT2D eigenvalue weighted by molar-refractivity contribution is 5.68. The first-order valence-electron chi connectivity index (χ1n) is 6.34. The molecule has 1 unspecified atom stereocenters. The summed E-state index contributed by atoms with van der Waals surface area (Å²) in [5, 5.41) is 0. The summed E-state index contributed by atoms with van der Waals surface area (Å²) in [6.45, 7) is 6.79. The first-order chi connectivity index (χ1) is 7.70. The molecule has 1 heterocycles. The van der Waals surface area contributed by atoms with Gasteiger partial charge in [0.2, 0.25) is 0 Å². The maximum Gasteiger partial charge on any atom is 0.0600 e. The van der Waals surface area contributed by atoms with E-state index in [1.54, 1.807) is 0 Å². The summed E-state index contributed by atoms with van der Waals surface area (Å²) in [7, 11) is 0. The van der Waals surface area contributed by atoms with Crippen LogP contribution in [0.15, 0.2) is 18.2 Å². The maximum absolute atomic E-state index is 6.13. The highest BCUT2D eigenvalue weighted by Crippen LogP contribution is 2.28. The molecule has 0 aromatic heterocycles. The summed E-state index contributed by atoms with van der Waals surface area (Å²) in [5.74, 6) is 0.791. The average molecular weight is 218 g/mol. The van der Waals surface area contributed by atoms with Crippen LogP contribution in [0.5, 0.6) is 0 Å². The zero-order chi connectivity index (χ0) is 11.5. The molecule has 16 heavy (non-hydrogen) atoms. The van der Waals surface area contributed by atoms with E-state index in [0.717, 1.165) is 31.1 Å². The second-order valence-corrected chi connectivity index (χ2v) is 4.94. The molecule has 1 aliphatic heterocycles. The quantitative estimate of drug-likeness (QED) is 0.773. The van der Waals surface area contributed by atoms with Gasteiger partial charge >= 0.3 is 0 Å². The zero-order valence-corrected chi connectivity index (χ0v) is 10.4. The SMILES string of the molecule is CCc1ccc(N2CCCC(C)C2)c(N)c1. The number of hydrogen-bond acceptors (Lipinski definition) is 2. The van der Waals surface area contributed by atoms with Crippen LogP contribution in [0.3, 0.4) is 0 Å². The molecular weight excluding hydrogens is 196 g/mol. The lowest BCUT2D eigenvalue weighted by molar-refractivity contribution is 0.447. The first-order valence-corrected chi connectivity index (χ1v) is 6.34. The maximum atomic E-state index is 6.13. The minimum Gasteiger partial charge on any atom is -0.397 e. The molecule has 1 aliphatic rings. The predicted molar refractivity (Wildman–Crippen MR) is 70.8 cm³/mol. The Morgan fingerprint density at radius 3 is 2.88 bits per heavy atom. The lowest BCUT2D eigenvalue weighted by atomic mass is 9.99. The van der Waals surface area contributed by atoms with E-state index < -0.39 is 0 Å². The minimum absolute atomic E-state index is 0.791. The number of nitrogen functional groups attached to an aromatic ring is 1. The number of aryl methyl sites for hydroxylation is 1. The van der Waals surface area contributed by atoms with Gasteiger partial charge in [-0.2, -0.15) is 0 Å². The largest absolute Gasteiger partial charge is 0.397 e. The second kappa shape index (κ2) is 4.77. The van der Waals surface area contributed by atoms with Gasteiger partial charge in [0.05, 0.1) is 11.4 Å². The fraction of sp³-hybridized carbons (Fsp3) is 0.571. The third-order valence-corrected chi connectivity index (χ3v) is 3.50. The molecule has 88 valence electrons. The molecule has 0 bridgehead atoms. The molecule has 0 saturated carbocycles. The lowest BCUT2D eigenvalue weighted by Gasteiger charge is -2.33. The Labute approximate surface area is 98.4 Å². The number of anilines is 2. The highest BCUT2D eigenvalue weighted by Gasteiger charge is 2.18. The van der Waals surface area contributed by atoms with Crippen LogP contribution in [0.1, 0.15) is 32.3 Å². The molecule has 2 N–H and O–H groups in total. The summed E-state index contributed by atoms with van der Waals surface area (Å²) in [6, 6.07) is 6.51. The van der Waals surface area contributed by atoms with Crippen molar-refractivity contribution in [1.29, 1.82) is 0 Å². The monoisotopic (exact) mass is 218 g/mol. The molecule has 0 spiro atoms. The zero-order valence-electron chi connectivity index (χ0n) is 10.4. The number of piperidine rings is 1. The van der Waals surface area contributed by atoms with Crippen molar-refractivity contribution in [2.75, 3.05) is 23.7 Å². The summed E-state index contributed by atoms with van der Waals surface area (Å²) in [6.07, 6.45) is 3.69.